The first kappa shape index (κ1) is 14.9. The number of oxime groups is 1. The zero-order valence-electron chi connectivity index (χ0n) is 10.3. The van der Waals surface area contributed by atoms with Gasteiger partial charge in [0.15, 0.2) is 0 Å². The Morgan fingerprint density at radius 3 is 2.78 bits per heavy atom. The smallest absolute Gasteiger partial charge is 0.252 e. The molecule has 1 aromatic heterocycles. The maximum atomic E-state index is 12.3. The van der Waals surface area contributed by atoms with Crippen molar-refractivity contribution in [3.63, 3.8) is 0 Å². The van der Waals surface area contributed by atoms with Gasteiger partial charge in [-0.25, -0.2) is 8.42 Å². The van der Waals surface area contributed by atoms with Gasteiger partial charge in [-0.15, -0.1) is 11.3 Å². The van der Waals surface area contributed by atoms with Crippen LogP contribution < -0.4 is 5.73 Å². The lowest BCUT2D eigenvalue weighted by Crippen LogP contribution is -2.38. The summed E-state index contributed by atoms with van der Waals surface area (Å²) in [7, 11) is -3.48. The highest BCUT2D eigenvalue weighted by Gasteiger charge is 2.26. The highest BCUT2D eigenvalue weighted by molar-refractivity contribution is 7.91. The molecule has 6 nitrogen and oxygen atoms in total. The number of nitrogens with zero attached hydrogens (tertiary/aromatic N) is 2. The number of rotatable bonds is 6. The molecular formula is C10H17N3O3S2. The Kier molecular flexibility index (Phi) is 5.12. The molecule has 0 spiro atoms. The Morgan fingerprint density at radius 1 is 1.67 bits per heavy atom. The van der Waals surface area contributed by atoms with Gasteiger partial charge in [-0.05, 0) is 11.4 Å². The van der Waals surface area contributed by atoms with Gasteiger partial charge in [0.25, 0.3) is 10.0 Å². The van der Waals surface area contributed by atoms with Gasteiger partial charge in [-0.3, -0.25) is 0 Å². The molecule has 0 aliphatic heterocycles. The fourth-order valence-corrected chi connectivity index (χ4v) is 4.11. The van der Waals surface area contributed by atoms with Crippen molar-refractivity contribution in [1.29, 1.82) is 0 Å². The molecule has 0 bridgehead atoms. The molecule has 1 atom stereocenters. The minimum Gasteiger partial charge on any atom is -0.409 e. The molecule has 3 N–H and O–H groups in total. The lowest BCUT2D eigenvalue weighted by molar-refractivity contribution is 0.311. The number of hydrogen-bond donors (Lipinski definition) is 2. The summed E-state index contributed by atoms with van der Waals surface area (Å²) in [6.45, 7) is 3.99. The quantitative estimate of drug-likeness (QED) is 0.355. The van der Waals surface area contributed by atoms with Crippen LogP contribution in [0.5, 0.6) is 0 Å². The van der Waals surface area contributed by atoms with E-state index in [-0.39, 0.29) is 18.3 Å². The molecule has 8 heteroatoms. The summed E-state index contributed by atoms with van der Waals surface area (Å²) < 4.78 is 26.2. The first-order valence-electron chi connectivity index (χ1n) is 5.44. The fourth-order valence-electron chi connectivity index (χ4n) is 1.43. The van der Waals surface area contributed by atoms with Crippen LogP contribution in [0.2, 0.25) is 0 Å². The van der Waals surface area contributed by atoms with Crippen molar-refractivity contribution in [2.24, 2.45) is 16.8 Å². The molecular weight excluding hydrogens is 274 g/mol. The predicted octanol–water partition coefficient (Wildman–Crippen LogP) is 1.14. The number of hydrogen-bond acceptors (Lipinski definition) is 5. The summed E-state index contributed by atoms with van der Waals surface area (Å²) in [5.74, 6) is -0.320. The Hall–Kier alpha value is -1.12. The van der Waals surface area contributed by atoms with E-state index in [1.807, 2.05) is 0 Å². The lowest BCUT2D eigenvalue weighted by Gasteiger charge is -2.22. The van der Waals surface area contributed by atoms with Gasteiger partial charge in [0, 0.05) is 19.0 Å². The first-order chi connectivity index (χ1) is 8.43. The topological polar surface area (TPSA) is 96.0 Å². The van der Waals surface area contributed by atoms with Crippen LogP contribution in [0.15, 0.2) is 26.9 Å². The van der Waals surface area contributed by atoms with Crippen LogP contribution >= 0.6 is 11.3 Å². The molecule has 0 fully saturated rings. The van der Waals surface area contributed by atoms with E-state index in [2.05, 4.69) is 5.16 Å². The third-order valence-corrected chi connectivity index (χ3v) is 5.85. The van der Waals surface area contributed by atoms with E-state index in [1.54, 1.807) is 31.4 Å². The molecule has 1 aromatic rings. The number of nitrogens with two attached hydrogens (primary N) is 1. The molecule has 0 aromatic carbocycles. The normalized spacial score (nSPS) is 14.9. The Morgan fingerprint density at radius 2 is 2.33 bits per heavy atom. The highest BCUT2D eigenvalue weighted by Crippen LogP contribution is 2.21. The van der Waals surface area contributed by atoms with E-state index in [1.165, 1.54) is 15.6 Å². The Labute approximate surface area is 111 Å². The van der Waals surface area contributed by atoms with Gasteiger partial charge in [-0.1, -0.05) is 25.1 Å². The SMILES string of the molecule is CCN(CC(C)/C(N)=N/O)S(=O)(=O)c1cccs1. The Balaban J connectivity index is 2.91. The van der Waals surface area contributed by atoms with Gasteiger partial charge in [-0.2, -0.15) is 4.31 Å². The molecule has 18 heavy (non-hydrogen) atoms. The van der Waals surface area contributed by atoms with Crippen molar-refractivity contribution in [3.05, 3.63) is 17.5 Å². The van der Waals surface area contributed by atoms with Gasteiger partial charge in [0.05, 0.1) is 0 Å². The second-order valence-electron chi connectivity index (χ2n) is 3.81. The van der Waals surface area contributed by atoms with Crippen molar-refractivity contribution in [1.82, 2.24) is 4.31 Å². The van der Waals surface area contributed by atoms with E-state index in [0.717, 1.165) is 0 Å². The summed E-state index contributed by atoms with van der Waals surface area (Å²) in [5, 5.41) is 13.2. The van der Waals surface area contributed by atoms with Crippen LogP contribution in [0.25, 0.3) is 0 Å². The molecule has 0 radical (unpaired) electrons. The maximum absolute atomic E-state index is 12.3. The van der Waals surface area contributed by atoms with Gasteiger partial charge in [0.2, 0.25) is 0 Å². The van der Waals surface area contributed by atoms with Gasteiger partial charge >= 0.3 is 0 Å². The minimum atomic E-state index is -3.48. The van der Waals surface area contributed by atoms with Crippen LogP contribution in [0.1, 0.15) is 13.8 Å². The molecule has 0 aliphatic carbocycles. The minimum absolute atomic E-state index is 0.0230. The maximum Gasteiger partial charge on any atom is 0.252 e. The first-order valence-corrected chi connectivity index (χ1v) is 7.76. The second kappa shape index (κ2) is 6.17. The fraction of sp³-hybridized carbons (Fsp3) is 0.500. The van der Waals surface area contributed by atoms with Crippen molar-refractivity contribution < 1.29 is 13.6 Å². The van der Waals surface area contributed by atoms with Crippen molar-refractivity contribution in [3.8, 4) is 0 Å². The van der Waals surface area contributed by atoms with Crippen LogP contribution in [-0.2, 0) is 10.0 Å². The average molecular weight is 291 g/mol. The third-order valence-electron chi connectivity index (χ3n) is 2.54. The van der Waals surface area contributed by atoms with Crippen molar-refractivity contribution >= 4 is 27.2 Å². The Bertz CT molecular complexity index is 496. The van der Waals surface area contributed by atoms with Crippen LogP contribution in [0, 0.1) is 5.92 Å². The molecule has 1 heterocycles. The zero-order chi connectivity index (χ0) is 13.8. The number of sulfonamides is 1. The number of thiophene rings is 1. The lowest BCUT2D eigenvalue weighted by atomic mass is 10.1. The number of amidine groups is 1. The van der Waals surface area contributed by atoms with Gasteiger partial charge < -0.3 is 10.9 Å². The monoisotopic (exact) mass is 291 g/mol. The summed E-state index contributed by atoms with van der Waals surface area (Å²) in [5.41, 5.74) is 5.46. The third kappa shape index (κ3) is 3.21. The molecule has 1 unspecified atom stereocenters. The average Bonchev–Trinajstić information content (AvgIpc) is 2.88. The molecule has 102 valence electrons. The summed E-state index contributed by atoms with van der Waals surface area (Å²) in [4.78, 5) is 0. The van der Waals surface area contributed by atoms with E-state index >= 15 is 0 Å². The van der Waals surface area contributed by atoms with E-state index in [4.69, 9.17) is 10.9 Å². The largest absolute Gasteiger partial charge is 0.409 e. The van der Waals surface area contributed by atoms with Crippen molar-refractivity contribution in [2.75, 3.05) is 13.1 Å². The summed E-state index contributed by atoms with van der Waals surface area (Å²) >= 11 is 1.17. The molecule has 0 saturated carbocycles. The predicted molar refractivity (Wildman–Crippen MR) is 71.3 cm³/mol. The van der Waals surface area contributed by atoms with Crippen LogP contribution in [0.4, 0.5) is 0 Å². The molecule has 0 saturated heterocycles. The summed E-state index contributed by atoms with van der Waals surface area (Å²) in [6, 6.07) is 3.26. The van der Waals surface area contributed by atoms with E-state index in [9.17, 15) is 8.42 Å². The van der Waals surface area contributed by atoms with Crippen molar-refractivity contribution in [2.45, 2.75) is 18.1 Å². The van der Waals surface area contributed by atoms with Crippen LogP contribution in [-0.4, -0.2) is 36.9 Å². The van der Waals surface area contributed by atoms with E-state index in [0.29, 0.717) is 10.8 Å². The van der Waals surface area contributed by atoms with E-state index < -0.39 is 10.0 Å². The molecule has 0 amide bonds. The highest BCUT2D eigenvalue weighted by atomic mass is 32.2. The standard InChI is InChI=1S/C10H17N3O3S2/c1-3-13(7-8(2)10(11)12-14)18(15,16)9-5-4-6-17-9/h4-6,8,14H,3,7H2,1-2H3,(H2,11,12). The summed E-state index contributed by atoms with van der Waals surface area (Å²) in [6.07, 6.45) is 0. The van der Waals surface area contributed by atoms with Gasteiger partial charge in [0.1, 0.15) is 10.0 Å². The van der Waals surface area contributed by atoms with Crippen LogP contribution in [0.3, 0.4) is 0 Å². The molecule has 1 rings (SSSR count). The molecule has 0 aliphatic rings. The second-order valence-corrected chi connectivity index (χ2v) is 6.93. The zero-order valence-corrected chi connectivity index (χ0v) is 11.9.